The highest BCUT2D eigenvalue weighted by Crippen LogP contribution is 2.30. The second kappa shape index (κ2) is 6.40. The molecule has 1 aromatic rings. The van der Waals surface area contributed by atoms with Crippen molar-refractivity contribution in [1.29, 1.82) is 0 Å². The average Bonchev–Trinajstić information content (AvgIpc) is 2.36. The highest BCUT2D eigenvalue weighted by atomic mass is 19.4. The van der Waals surface area contributed by atoms with Crippen LogP contribution in [0.4, 0.5) is 24.9 Å². The lowest BCUT2D eigenvalue weighted by molar-refractivity contribution is -0.141. The summed E-state index contributed by atoms with van der Waals surface area (Å²) in [6.07, 6.45) is -3.97. The summed E-state index contributed by atoms with van der Waals surface area (Å²) in [7, 11) is 1.45. The zero-order chi connectivity index (χ0) is 15.3. The Bertz CT molecular complexity index is 478. The number of halogens is 3. The first kappa shape index (κ1) is 16.0. The fraction of sp³-hybridized carbons (Fsp3) is 0.545. The molecule has 0 bridgehead atoms. The molecular formula is C11H16F3N5O. The average molecular weight is 291 g/mol. The minimum absolute atomic E-state index is 0.0183. The van der Waals surface area contributed by atoms with Crippen LogP contribution in [0.2, 0.25) is 0 Å². The second-order valence-corrected chi connectivity index (χ2v) is 4.06. The number of amides is 1. The monoisotopic (exact) mass is 291 g/mol. The maximum Gasteiger partial charge on any atom is 0.433 e. The summed E-state index contributed by atoms with van der Waals surface area (Å²) in [6, 6.07) is 0.787. The molecule has 0 spiro atoms. The molecule has 112 valence electrons. The Balaban J connectivity index is 3.12. The van der Waals surface area contributed by atoms with Gasteiger partial charge in [0.15, 0.2) is 5.69 Å². The lowest BCUT2D eigenvalue weighted by Gasteiger charge is -2.23. The van der Waals surface area contributed by atoms with E-state index in [0.717, 1.165) is 6.07 Å². The summed E-state index contributed by atoms with van der Waals surface area (Å²) >= 11 is 0. The van der Waals surface area contributed by atoms with Gasteiger partial charge in [-0.25, -0.2) is 4.98 Å². The van der Waals surface area contributed by atoms with Crippen molar-refractivity contribution in [2.24, 2.45) is 0 Å². The predicted molar refractivity (Wildman–Crippen MR) is 68.0 cm³/mol. The van der Waals surface area contributed by atoms with E-state index < -0.39 is 17.8 Å². The molecule has 0 unspecified atom stereocenters. The largest absolute Gasteiger partial charge is 0.433 e. The number of carbonyl (C=O) groups is 1. The Labute approximate surface area is 114 Å². The molecule has 1 amide bonds. The molecule has 0 aliphatic heterocycles. The van der Waals surface area contributed by atoms with Gasteiger partial charge in [0.2, 0.25) is 11.9 Å². The van der Waals surface area contributed by atoms with E-state index in [1.165, 1.54) is 11.9 Å². The molecule has 0 radical (unpaired) electrons. The number of rotatable bonds is 5. The van der Waals surface area contributed by atoms with Crippen molar-refractivity contribution in [2.45, 2.75) is 19.5 Å². The van der Waals surface area contributed by atoms with Crippen molar-refractivity contribution >= 4 is 17.7 Å². The number of nitrogens with one attached hydrogen (secondary N) is 1. The number of likely N-dealkylation sites (N-methyl/N-ethyl adjacent to an activating group) is 1. The molecule has 0 aliphatic rings. The lowest BCUT2D eigenvalue weighted by atomic mass is 10.3. The van der Waals surface area contributed by atoms with Crippen molar-refractivity contribution < 1.29 is 18.0 Å². The Morgan fingerprint density at radius 3 is 2.60 bits per heavy atom. The topological polar surface area (TPSA) is 84.1 Å². The van der Waals surface area contributed by atoms with E-state index >= 15 is 0 Å². The highest BCUT2D eigenvalue weighted by molar-refractivity contribution is 5.80. The number of nitrogen functional groups attached to an aromatic ring is 1. The number of hydrogen-bond acceptors (Lipinski definition) is 5. The zero-order valence-electron chi connectivity index (χ0n) is 11.2. The van der Waals surface area contributed by atoms with Crippen LogP contribution in [0.1, 0.15) is 19.0 Å². The maximum atomic E-state index is 12.7. The number of anilines is 2. The van der Waals surface area contributed by atoms with Gasteiger partial charge >= 0.3 is 6.18 Å². The lowest BCUT2D eigenvalue weighted by Crippen LogP contribution is -2.37. The molecule has 1 heterocycles. The minimum atomic E-state index is -4.61. The highest BCUT2D eigenvalue weighted by Gasteiger charge is 2.34. The second-order valence-electron chi connectivity index (χ2n) is 4.06. The van der Waals surface area contributed by atoms with Gasteiger partial charge in [-0.3, -0.25) is 4.79 Å². The molecule has 0 atom stereocenters. The number of nitrogens with two attached hydrogens (primary N) is 1. The van der Waals surface area contributed by atoms with Gasteiger partial charge in [0.1, 0.15) is 5.82 Å². The number of nitrogens with zero attached hydrogens (tertiary/aromatic N) is 3. The molecule has 0 saturated carbocycles. The Morgan fingerprint density at radius 1 is 1.45 bits per heavy atom. The molecule has 0 saturated heterocycles. The fourth-order valence-corrected chi connectivity index (χ4v) is 1.56. The van der Waals surface area contributed by atoms with Gasteiger partial charge in [-0.05, 0) is 6.42 Å². The van der Waals surface area contributed by atoms with Crippen molar-refractivity contribution in [3.05, 3.63) is 11.8 Å². The van der Waals surface area contributed by atoms with Crippen molar-refractivity contribution in [1.82, 2.24) is 15.3 Å². The fourth-order valence-electron chi connectivity index (χ4n) is 1.56. The quantitative estimate of drug-likeness (QED) is 0.847. The summed E-state index contributed by atoms with van der Waals surface area (Å²) < 4.78 is 38.0. The first-order valence-corrected chi connectivity index (χ1v) is 5.95. The van der Waals surface area contributed by atoms with Gasteiger partial charge in [-0.2, -0.15) is 18.2 Å². The van der Waals surface area contributed by atoms with E-state index in [9.17, 15) is 18.0 Å². The smallest absolute Gasteiger partial charge is 0.368 e. The van der Waals surface area contributed by atoms with Crippen LogP contribution in [0.15, 0.2) is 6.07 Å². The Morgan fingerprint density at radius 2 is 2.10 bits per heavy atom. The number of alkyl halides is 3. The van der Waals surface area contributed by atoms with Crippen molar-refractivity contribution in [3.63, 3.8) is 0 Å². The standard InChI is InChI=1S/C11H16F3N5O/c1-3-4-19(6-9(20)16-2)8-5-7(11(12,13)14)17-10(15)18-8/h5H,3-4,6H2,1-2H3,(H,16,20)(H2,15,17,18). The summed E-state index contributed by atoms with van der Waals surface area (Å²) in [6.45, 7) is 2.12. The molecule has 0 fully saturated rings. The molecular weight excluding hydrogens is 275 g/mol. The third-order valence-corrected chi connectivity index (χ3v) is 2.45. The SMILES string of the molecule is CCCN(CC(=O)NC)c1cc(C(F)(F)F)nc(N)n1. The van der Waals surface area contributed by atoms with Gasteiger partial charge in [-0.1, -0.05) is 6.92 Å². The first-order valence-electron chi connectivity index (χ1n) is 5.95. The normalized spacial score (nSPS) is 11.2. The molecule has 1 aromatic heterocycles. The third kappa shape index (κ3) is 4.25. The van der Waals surface area contributed by atoms with E-state index in [1.54, 1.807) is 0 Å². The van der Waals surface area contributed by atoms with Crippen LogP contribution in [0.5, 0.6) is 0 Å². The van der Waals surface area contributed by atoms with E-state index in [-0.39, 0.29) is 18.3 Å². The minimum Gasteiger partial charge on any atom is -0.368 e. The van der Waals surface area contributed by atoms with Crippen LogP contribution in [-0.4, -0.2) is 36.0 Å². The molecule has 1 rings (SSSR count). The van der Waals surface area contributed by atoms with Crippen LogP contribution in [0.25, 0.3) is 0 Å². The molecule has 3 N–H and O–H groups in total. The van der Waals surface area contributed by atoms with Crippen LogP contribution in [0, 0.1) is 0 Å². The summed E-state index contributed by atoms with van der Waals surface area (Å²) in [5, 5.41) is 2.41. The maximum absolute atomic E-state index is 12.7. The van der Waals surface area contributed by atoms with E-state index in [0.29, 0.717) is 13.0 Å². The molecule has 20 heavy (non-hydrogen) atoms. The van der Waals surface area contributed by atoms with Crippen LogP contribution >= 0.6 is 0 Å². The molecule has 0 aromatic carbocycles. The molecule has 0 aliphatic carbocycles. The van der Waals surface area contributed by atoms with Crippen molar-refractivity contribution in [2.75, 3.05) is 30.8 Å². The number of aromatic nitrogens is 2. The molecule has 9 heteroatoms. The summed E-state index contributed by atoms with van der Waals surface area (Å²) in [4.78, 5) is 19.7. The van der Waals surface area contributed by atoms with E-state index in [4.69, 9.17) is 5.73 Å². The van der Waals surface area contributed by atoms with E-state index in [2.05, 4.69) is 15.3 Å². The van der Waals surface area contributed by atoms with E-state index in [1.807, 2.05) is 6.92 Å². The zero-order valence-corrected chi connectivity index (χ0v) is 11.2. The van der Waals surface area contributed by atoms with Gasteiger partial charge in [0.25, 0.3) is 0 Å². The van der Waals surface area contributed by atoms with Gasteiger partial charge in [0, 0.05) is 19.7 Å². The first-order chi connectivity index (χ1) is 9.27. The van der Waals surface area contributed by atoms with Gasteiger partial charge < -0.3 is 16.0 Å². The van der Waals surface area contributed by atoms with Crippen LogP contribution in [0.3, 0.4) is 0 Å². The Kier molecular flexibility index (Phi) is 5.12. The third-order valence-electron chi connectivity index (χ3n) is 2.45. The number of hydrogen-bond donors (Lipinski definition) is 2. The van der Waals surface area contributed by atoms with Crippen LogP contribution in [-0.2, 0) is 11.0 Å². The molecule has 6 nitrogen and oxygen atoms in total. The van der Waals surface area contributed by atoms with Crippen molar-refractivity contribution in [3.8, 4) is 0 Å². The summed E-state index contributed by atoms with van der Waals surface area (Å²) in [5.41, 5.74) is 4.18. The predicted octanol–water partition coefficient (Wildman–Crippen LogP) is 1.04. The Hall–Kier alpha value is -2.06. The number of carbonyl (C=O) groups excluding carboxylic acids is 1. The van der Waals surface area contributed by atoms with Crippen LogP contribution < -0.4 is 16.0 Å². The van der Waals surface area contributed by atoms with Gasteiger partial charge in [-0.15, -0.1) is 0 Å². The van der Waals surface area contributed by atoms with Gasteiger partial charge in [0.05, 0.1) is 6.54 Å². The summed E-state index contributed by atoms with van der Waals surface area (Å²) in [5.74, 6) is -0.827.